The molecule has 2 aromatic carbocycles. The van der Waals surface area contributed by atoms with Crippen LogP contribution < -0.4 is 14.8 Å². The average molecular weight is 363 g/mol. The topological polar surface area (TPSA) is 50.7 Å². The number of anilines is 1. The van der Waals surface area contributed by atoms with E-state index in [4.69, 9.17) is 44.3 Å². The molecule has 0 spiro atoms. The van der Waals surface area contributed by atoms with Crippen molar-refractivity contribution < 1.29 is 14.6 Å². The van der Waals surface area contributed by atoms with Gasteiger partial charge in [0.25, 0.3) is 0 Å². The molecule has 0 fully saturated rings. The molecule has 0 radical (unpaired) electrons. The maximum absolute atomic E-state index is 9.54. The Kier molecular flexibility index (Phi) is 5.51. The molecule has 0 aliphatic heterocycles. The van der Waals surface area contributed by atoms with Crippen molar-refractivity contribution in [1.82, 2.24) is 0 Å². The molecule has 0 saturated carbocycles. The molecule has 0 aliphatic rings. The minimum Gasteiger partial charge on any atom is -0.505 e. The Morgan fingerprint density at radius 2 is 1.59 bits per heavy atom. The van der Waals surface area contributed by atoms with Gasteiger partial charge in [-0.3, -0.25) is 0 Å². The zero-order valence-electron chi connectivity index (χ0n) is 11.9. The van der Waals surface area contributed by atoms with Gasteiger partial charge >= 0.3 is 0 Å². The van der Waals surface area contributed by atoms with Crippen LogP contribution in [0.15, 0.2) is 24.3 Å². The second kappa shape index (κ2) is 7.18. The summed E-state index contributed by atoms with van der Waals surface area (Å²) in [6.07, 6.45) is 0. The number of halogens is 3. The van der Waals surface area contributed by atoms with Gasteiger partial charge in [-0.15, -0.1) is 0 Å². The number of methoxy groups -OCH3 is 2. The summed E-state index contributed by atoms with van der Waals surface area (Å²) in [6.45, 7) is 0.470. The molecule has 0 bridgehead atoms. The molecule has 0 atom stereocenters. The van der Waals surface area contributed by atoms with Crippen LogP contribution in [0.1, 0.15) is 5.56 Å². The summed E-state index contributed by atoms with van der Waals surface area (Å²) < 4.78 is 10.4. The van der Waals surface area contributed by atoms with Crippen LogP contribution in [0, 0.1) is 0 Å². The van der Waals surface area contributed by atoms with Crippen LogP contribution in [0.4, 0.5) is 5.69 Å². The van der Waals surface area contributed by atoms with Crippen molar-refractivity contribution in [2.24, 2.45) is 0 Å². The SMILES string of the molecule is COc1cc(CNc2cc(Cl)c(O)c(Cl)c2)cc(Cl)c1OC. The largest absolute Gasteiger partial charge is 0.505 e. The Balaban J connectivity index is 2.20. The molecule has 0 aliphatic carbocycles. The Hall–Kier alpha value is -1.49. The fraction of sp³-hybridized carbons (Fsp3) is 0.200. The van der Waals surface area contributed by atoms with Gasteiger partial charge in [0.2, 0.25) is 0 Å². The molecule has 2 aromatic rings. The van der Waals surface area contributed by atoms with Gasteiger partial charge in [0.15, 0.2) is 17.2 Å². The summed E-state index contributed by atoms with van der Waals surface area (Å²) in [5.41, 5.74) is 1.57. The van der Waals surface area contributed by atoms with Crippen molar-refractivity contribution in [3.05, 3.63) is 44.9 Å². The number of ether oxygens (including phenoxy) is 2. The molecule has 2 N–H and O–H groups in total. The van der Waals surface area contributed by atoms with Crippen LogP contribution in [0.5, 0.6) is 17.2 Å². The van der Waals surface area contributed by atoms with E-state index in [9.17, 15) is 5.11 Å². The van der Waals surface area contributed by atoms with E-state index in [1.807, 2.05) is 6.07 Å². The standard InChI is InChI=1S/C15H14Cl3NO3/c1-21-13-4-8(3-12(18)15(13)22-2)7-19-9-5-10(16)14(20)11(17)6-9/h3-6,19-20H,7H2,1-2H3. The molecule has 7 heteroatoms. The number of rotatable bonds is 5. The minimum atomic E-state index is -0.136. The molecule has 22 heavy (non-hydrogen) atoms. The van der Waals surface area contributed by atoms with E-state index >= 15 is 0 Å². The maximum atomic E-state index is 9.54. The highest BCUT2D eigenvalue weighted by Crippen LogP contribution is 2.37. The van der Waals surface area contributed by atoms with Gasteiger partial charge in [0, 0.05) is 12.2 Å². The summed E-state index contributed by atoms with van der Waals surface area (Å²) in [5, 5.41) is 13.5. The van der Waals surface area contributed by atoms with Crippen molar-refractivity contribution in [3.63, 3.8) is 0 Å². The third kappa shape index (κ3) is 3.64. The van der Waals surface area contributed by atoms with Crippen LogP contribution in [-0.4, -0.2) is 19.3 Å². The summed E-state index contributed by atoms with van der Waals surface area (Å²) in [6, 6.07) is 6.77. The van der Waals surface area contributed by atoms with Crippen LogP contribution in [0.2, 0.25) is 15.1 Å². The Labute approximate surface area is 143 Å². The number of hydrogen-bond acceptors (Lipinski definition) is 4. The third-order valence-electron chi connectivity index (χ3n) is 3.01. The molecule has 4 nitrogen and oxygen atoms in total. The van der Waals surface area contributed by atoms with Crippen LogP contribution in [0.3, 0.4) is 0 Å². The lowest BCUT2D eigenvalue weighted by molar-refractivity contribution is 0.355. The average Bonchev–Trinajstić information content (AvgIpc) is 2.49. The zero-order valence-corrected chi connectivity index (χ0v) is 14.2. The van der Waals surface area contributed by atoms with E-state index < -0.39 is 0 Å². The quantitative estimate of drug-likeness (QED) is 0.736. The molecule has 0 unspecified atom stereocenters. The first-order chi connectivity index (χ1) is 10.5. The molecular weight excluding hydrogens is 349 g/mol. The molecular formula is C15H14Cl3NO3. The van der Waals surface area contributed by atoms with E-state index in [1.165, 1.54) is 7.11 Å². The van der Waals surface area contributed by atoms with Crippen molar-refractivity contribution >= 4 is 40.5 Å². The first-order valence-corrected chi connectivity index (χ1v) is 7.42. The van der Waals surface area contributed by atoms with E-state index in [0.29, 0.717) is 28.8 Å². The number of aromatic hydroxyl groups is 1. The van der Waals surface area contributed by atoms with Gasteiger partial charge in [0.05, 0.1) is 29.3 Å². The molecule has 2 rings (SSSR count). The Bertz CT molecular complexity index is 669. The first-order valence-electron chi connectivity index (χ1n) is 6.28. The van der Waals surface area contributed by atoms with E-state index in [1.54, 1.807) is 25.3 Å². The number of phenolic OH excluding ortho intramolecular Hbond substituents is 1. The Morgan fingerprint density at radius 3 is 2.14 bits per heavy atom. The smallest absolute Gasteiger partial charge is 0.179 e. The second-order valence-corrected chi connectivity index (χ2v) is 5.68. The molecule has 118 valence electrons. The number of hydrogen-bond donors (Lipinski definition) is 2. The van der Waals surface area contributed by atoms with E-state index in [0.717, 1.165) is 5.56 Å². The third-order valence-corrected chi connectivity index (χ3v) is 3.86. The highest BCUT2D eigenvalue weighted by atomic mass is 35.5. The zero-order chi connectivity index (χ0) is 16.3. The van der Waals surface area contributed by atoms with Crippen molar-refractivity contribution in [2.45, 2.75) is 6.54 Å². The summed E-state index contributed by atoms with van der Waals surface area (Å²) >= 11 is 17.9. The van der Waals surface area contributed by atoms with Crippen LogP contribution in [-0.2, 0) is 6.54 Å². The minimum absolute atomic E-state index is 0.136. The molecule has 0 heterocycles. The Morgan fingerprint density at radius 1 is 0.955 bits per heavy atom. The summed E-state index contributed by atoms with van der Waals surface area (Å²) in [7, 11) is 3.08. The lowest BCUT2D eigenvalue weighted by Gasteiger charge is -2.13. The van der Waals surface area contributed by atoms with Crippen LogP contribution >= 0.6 is 34.8 Å². The highest BCUT2D eigenvalue weighted by Gasteiger charge is 2.11. The van der Waals surface area contributed by atoms with Gasteiger partial charge in [-0.1, -0.05) is 34.8 Å². The predicted molar refractivity (Wildman–Crippen MR) is 90.0 cm³/mol. The summed E-state index contributed by atoms with van der Waals surface area (Å²) in [5.74, 6) is 0.903. The van der Waals surface area contributed by atoms with Crippen molar-refractivity contribution in [3.8, 4) is 17.2 Å². The van der Waals surface area contributed by atoms with Crippen molar-refractivity contribution in [2.75, 3.05) is 19.5 Å². The van der Waals surface area contributed by atoms with E-state index in [-0.39, 0.29) is 15.8 Å². The van der Waals surface area contributed by atoms with E-state index in [2.05, 4.69) is 5.32 Å². The fourth-order valence-electron chi connectivity index (χ4n) is 1.95. The fourth-order valence-corrected chi connectivity index (χ4v) is 2.74. The monoisotopic (exact) mass is 361 g/mol. The lowest BCUT2D eigenvalue weighted by Crippen LogP contribution is -2.01. The maximum Gasteiger partial charge on any atom is 0.179 e. The number of benzene rings is 2. The van der Waals surface area contributed by atoms with Gasteiger partial charge in [-0.2, -0.15) is 0 Å². The molecule has 0 saturated heterocycles. The van der Waals surface area contributed by atoms with Crippen LogP contribution in [0.25, 0.3) is 0 Å². The number of nitrogens with one attached hydrogen (secondary N) is 1. The molecule has 0 aromatic heterocycles. The second-order valence-electron chi connectivity index (χ2n) is 4.46. The van der Waals surface area contributed by atoms with Crippen molar-refractivity contribution in [1.29, 1.82) is 0 Å². The lowest BCUT2D eigenvalue weighted by atomic mass is 10.2. The van der Waals surface area contributed by atoms with Gasteiger partial charge in [-0.05, 0) is 29.8 Å². The van der Waals surface area contributed by atoms with Gasteiger partial charge in [-0.25, -0.2) is 0 Å². The van der Waals surface area contributed by atoms with Gasteiger partial charge in [0.1, 0.15) is 0 Å². The highest BCUT2D eigenvalue weighted by molar-refractivity contribution is 6.37. The number of phenols is 1. The molecule has 0 amide bonds. The van der Waals surface area contributed by atoms with Gasteiger partial charge < -0.3 is 19.9 Å². The first kappa shape index (κ1) is 16.9. The summed E-state index contributed by atoms with van der Waals surface area (Å²) in [4.78, 5) is 0. The normalized spacial score (nSPS) is 10.4. The predicted octanol–water partition coefficient (Wildman–Crippen LogP) is 4.98.